The highest BCUT2D eigenvalue weighted by Crippen LogP contribution is 2.42. The molecule has 120 valence electrons. The van der Waals surface area contributed by atoms with Gasteiger partial charge in [-0.2, -0.15) is 0 Å². The first-order valence-corrected chi connectivity index (χ1v) is 8.34. The number of amides is 3. The SMILES string of the molecule is CC(Sc1ncc(-c2ccccc2)n1C1CC1)C(=O)NC(N)=O. The molecule has 1 saturated carbocycles. The minimum atomic E-state index is -0.835. The van der Waals surface area contributed by atoms with Crippen LogP contribution < -0.4 is 11.1 Å². The van der Waals surface area contributed by atoms with E-state index in [1.54, 1.807) is 6.92 Å². The number of benzene rings is 1. The van der Waals surface area contributed by atoms with E-state index in [-0.39, 0.29) is 0 Å². The van der Waals surface area contributed by atoms with E-state index in [0.29, 0.717) is 6.04 Å². The summed E-state index contributed by atoms with van der Waals surface area (Å²) in [5.41, 5.74) is 7.15. The van der Waals surface area contributed by atoms with Gasteiger partial charge in [0.1, 0.15) is 0 Å². The number of carbonyl (C=O) groups excluding carboxylic acids is 2. The first-order valence-electron chi connectivity index (χ1n) is 7.46. The average molecular weight is 330 g/mol. The van der Waals surface area contributed by atoms with Gasteiger partial charge in [0, 0.05) is 6.04 Å². The second-order valence-electron chi connectivity index (χ2n) is 5.51. The Morgan fingerprint density at radius 1 is 1.35 bits per heavy atom. The quantitative estimate of drug-likeness (QED) is 0.824. The molecule has 3 N–H and O–H groups in total. The molecule has 23 heavy (non-hydrogen) atoms. The van der Waals surface area contributed by atoms with Gasteiger partial charge in [-0.25, -0.2) is 9.78 Å². The number of nitrogens with zero attached hydrogens (tertiary/aromatic N) is 2. The van der Waals surface area contributed by atoms with Crippen LogP contribution >= 0.6 is 11.8 Å². The Morgan fingerprint density at radius 3 is 2.65 bits per heavy atom. The van der Waals surface area contributed by atoms with Crippen molar-refractivity contribution in [3.63, 3.8) is 0 Å². The second-order valence-corrected chi connectivity index (χ2v) is 6.81. The molecular weight excluding hydrogens is 312 g/mol. The average Bonchev–Trinajstić information content (AvgIpc) is 3.28. The van der Waals surface area contributed by atoms with E-state index >= 15 is 0 Å². The van der Waals surface area contributed by atoms with Gasteiger partial charge in [0.25, 0.3) is 0 Å². The number of thioether (sulfide) groups is 1. The fraction of sp³-hybridized carbons (Fsp3) is 0.312. The van der Waals surface area contributed by atoms with Crippen LogP contribution in [0.1, 0.15) is 25.8 Å². The summed E-state index contributed by atoms with van der Waals surface area (Å²) in [7, 11) is 0. The number of hydrogen-bond acceptors (Lipinski definition) is 4. The van der Waals surface area contributed by atoms with Crippen LogP contribution in [0.4, 0.5) is 4.79 Å². The molecule has 0 saturated heterocycles. The Bertz CT molecular complexity index is 725. The van der Waals surface area contributed by atoms with Gasteiger partial charge >= 0.3 is 6.03 Å². The van der Waals surface area contributed by atoms with Crippen LogP contribution in [0, 0.1) is 0 Å². The predicted octanol–water partition coefficient (Wildman–Crippen LogP) is 2.56. The maximum atomic E-state index is 11.9. The fourth-order valence-corrected chi connectivity index (χ4v) is 3.33. The summed E-state index contributed by atoms with van der Waals surface area (Å²) in [5, 5.41) is 2.45. The molecule has 6 nitrogen and oxygen atoms in total. The van der Waals surface area contributed by atoms with Crippen LogP contribution in [0.2, 0.25) is 0 Å². The number of aromatic nitrogens is 2. The van der Waals surface area contributed by atoms with E-state index in [1.165, 1.54) is 11.8 Å². The zero-order valence-corrected chi connectivity index (χ0v) is 13.5. The summed E-state index contributed by atoms with van der Waals surface area (Å²) in [5.74, 6) is -0.408. The van der Waals surface area contributed by atoms with Gasteiger partial charge in [0.15, 0.2) is 5.16 Å². The molecule has 1 atom stereocenters. The molecule has 3 rings (SSSR count). The zero-order chi connectivity index (χ0) is 16.4. The van der Waals surface area contributed by atoms with E-state index in [1.807, 2.05) is 36.5 Å². The smallest absolute Gasteiger partial charge is 0.318 e. The minimum Gasteiger partial charge on any atom is -0.351 e. The normalized spacial score (nSPS) is 15.2. The topological polar surface area (TPSA) is 90.0 Å². The molecule has 1 fully saturated rings. The van der Waals surface area contributed by atoms with Crippen LogP contribution in [0.5, 0.6) is 0 Å². The zero-order valence-electron chi connectivity index (χ0n) is 12.7. The monoisotopic (exact) mass is 330 g/mol. The van der Waals surface area contributed by atoms with Crippen molar-refractivity contribution in [2.45, 2.75) is 36.2 Å². The van der Waals surface area contributed by atoms with Gasteiger partial charge in [0.05, 0.1) is 17.1 Å². The van der Waals surface area contributed by atoms with Crippen LogP contribution in [-0.4, -0.2) is 26.7 Å². The number of nitrogens with two attached hydrogens (primary N) is 1. The third-order valence-electron chi connectivity index (χ3n) is 3.64. The molecule has 0 aliphatic heterocycles. The van der Waals surface area contributed by atoms with E-state index in [4.69, 9.17) is 5.73 Å². The molecule has 1 unspecified atom stereocenters. The Balaban J connectivity index is 1.85. The lowest BCUT2D eigenvalue weighted by molar-refractivity contribution is -0.119. The molecule has 1 aromatic carbocycles. The van der Waals surface area contributed by atoms with Crippen molar-refractivity contribution in [3.05, 3.63) is 36.5 Å². The Morgan fingerprint density at radius 2 is 2.04 bits per heavy atom. The molecule has 2 aromatic rings. The molecule has 7 heteroatoms. The minimum absolute atomic E-state index is 0.408. The van der Waals surface area contributed by atoms with Crippen LogP contribution in [0.3, 0.4) is 0 Å². The van der Waals surface area contributed by atoms with Crippen molar-refractivity contribution < 1.29 is 9.59 Å². The van der Waals surface area contributed by atoms with Gasteiger partial charge in [-0.15, -0.1) is 0 Å². The molecule has 1 aromatic heterocycles. The third kappa shape index (κ3) is 3.56. The van der Waals surface area contributed by atoms with Crippen molar-refractivity contribution in [3.8, 4) is 11.3 Å². The highest BCUT2D eigenvalue weighted by Gasteiger charge is 2.30. The van der Waals surface area contributed by atoms with Gasteiger partial charge in [-0.05, 0) is 25.3 Å². The number of carbonyl (C=O) groups is 2. The van der Waals surface area contributed by atoms with Gasteiger partial charge in [-0.3, -0.25) is 10.1 Å². The number of urea groups is 1. The summed E-state index contributed by atoms with van der Waals surface area (Å²) >= 11 is 1.34. The van der Waals surface area contributed by atoms with E-state index in [9.17, 15) is 9.59 Å². The van der Waals surface area contributed by atoms with Crippen molar-refractivity contribution in [1.82, 2.24) is 14.9 Å². The first-order chi connectivity index (χ1) is 11.1. The molecule has 0 spiro atoms. The van der Waals surface area contributed by atoms with Gasteiger partial charge < -0.3 is 10.3 Å². The highest BCUT2D eigenvalue weighted by atomic mass is 32.2. The molecule has 3 amide bonds. The lowest BCUT2D eigenvalue weighted by atomic mass is 10.2. The number of hydrogen-bond donors (Lipinski definition) is 2. The Labute approximate surface area is 138 Å². The maximum absolute atomic E-state index is 11.9. The predicted molar refractivity (Wildman–Crippen MR) is 89.0 cm³/mol. The third-order valence-corrected chi connectivity index (χ3v) is 4.72. The van der Waals surface area contributed by atoms with E-state index in [2.05, 4.69) is 14.9 Å². The summed E-state index contributed by atoms with van der Waals surface area (Å²) in [6.45, 7) is 1.73. The maximum Gasteiger partial charge on any atom is 0.318 e. The molecule has 0 bridgehead atoms. The second kappa shape index (κ2) is 6.45. The lowest BCUT2D eigenvalue weighted by Crippen LogP contribution is -2.39. The standard InChI is InChI=1S/C16H18N4O2S/c1-10(14(21)19-15(17)22)23-16-18-9-13(20(16)12-7-8-12)11-5-3-2-4-6-11/h2-6,9-10,12H,7-8H2,1H3,(H3,17,19,21,22). The number of imidazole rings is 1. The molecule has 1 aliphatic carbocycles. The largest absolute Gasteiger partial charge is 0.351 e. The van der Waals surface area contributed by atoms with E-state index in [0.717, 1.165) is 29.3 Å². The molecule has 1 heterocycles. The molecular formula is C16H18N4O2S. The molecule has 1 aliphatic rings. The van der Waals surface area contributed by atoms with Gasteiger partial charge in [0.2, 0.25) is 5.91 Å². The first kappa shape index (κ1) is 15.6. The fourth-order valence-electron chi connectivity index (χ4n) is 2.37. The number of primary amides is 1. The number of rotatable bonds is 5. The Hall–Kier alpha value is -2.28. The van der Waals surface area contributed by atoms with Crippen molar-refractivity contribution in [2.24, 2.45) is 5.73 Å². The summed E-state index contributed by atoms with van der Waals surface area (Å²) < 4.78 is 2.19. The summed E-state index contributed by atoms with van der Waals surface area (Å²) in [4.78, 5) is 27.1. The Kier molecular flexibility index (Phi) is 4.38. The summed E-state index contributed by atoms with van der Waals surface area (Å²) in [6.07, 6.45) is 4.08. The molecule has 0 radical (unpaired) electrons. The van der Waals surface area contributed by atoms with Gasteiger partial charge in [-0.1, -0.05) is 42.1 Å². The number of nitrogens with one attached hydrogen (secondary N) is 1. The highest BCUT2D eigenvalue weighted by molar-refractivity contribution is 8.00. The number of imide groups is 1. The summed E-state index contributed by atoms with van der Waals surface area (Å²) in [6, 6.07) is 9.67. The van der Waals surface area contributed by atoms with Crippen molar-refractivity contribution >= 4 is 23.7 Å². The van der Waals surface area contributed by atoms with Crippen LogP contribution in [0.15, 0.2) is 41.7 Å². The lowest BCUT2D eigenvalue weighted by Gasteiger charge is -2.13. The van der Waals surface area contributed by atoms with Crippen LogP contribution in [-0.2, 0) is 4.79 Å². The van der Waals surface area contributed by atoms with Crippen molar-refractivity contribution in [2.75, 3.05) is 0 Å². The van der Waals surface area contributed by atoms with Crippen LogP contribution in [0.25, 0.3) is 11.3 Å². The van der Waals surface area contributed by atoms with Crippen molar-refractivity contribution in [1.29, 1.82) is 0 Å². The van der Waals surface area contributed by atoms with E-state index < -0.39 is 17.2 Å².